The molecule has 120 valence electrons. The van der Waals surface area contributed by atoms with E-state index in [4.69, 9.17) is 9.47 Å². The van der Waals surface area contributed by atoms with E-state index >= 15 is 0 Å². The number of amides is 1. The van der Waals surface area contributed by atoms with E-state index in [9.17, 15) is 4.79 Å². The van der Waals surface area contributed by atoms with Crippen molar-refractivity contribution < 1.29 is 14.3 Å². The van der Waals surface area contributed by atoms with Gasteiger partial charge in [0.15, 0.2) is 0 Å². The van der Waals surface area contributed by atoms with E-state index in [1.54, 1.807) is 11.8 Å². The largest absolute Gasteiger partial charge is 0.373 e. The van der Waals surface area contributed by atoms with Crippen molar-refractivity contribution in [2.24, 2.45) is 0 Å². The lowest BCUT2D eigenvalue weighted by Crippen LogP contribution is -2.49. The highest BCUT2D eigenvalue weighted by Gasteiger charge is 2.34. The van der Waals surface area contributed by atoms with Crippen molar-refractivity contribution in [3.63, 3.8) is 0 Å². The fraction of sp³-hybridized carbons (Fsp3) is 0.588. The normalized spacial score (nSPS) is 28.0. The number of hydrogen-bond acceptors (Lipinski definition) is 4. The summed E-state index contributed by atoms with van der Waals surface area (Å²) in [6, 6.07) is 7.99. The van der Waals surface area contributed by atoms with E-state index in [0.717, 1.165) is 35.5 Å². The highest BCUT2D eigenvalue weighted by Crippen LogP contribution is 2.28. The van der Waals surface area contributed by atoms with Crippen molar-refractivity contribution in [1.82, 2.24) is 5.32 Å². The van der Waals surface area contributed by atoms with Gasteiger partial charge < -0.3 is 14.8 Å². The lowest BCUT2D eigenvalue weighted by atomic mass is 9.89. The summed E-state index contributed by atoms with van der Waals surface area (Å²) in [7, 11) is 0. The van der Waals surface area contributed by atoms with Gasteiger partial charge in [0.05, 0.1) is 31.0 Å². The summed E-state index contributed by atoms with van der Waals surface area (Å²) in [6.45, 7) is 3.46. The van der Waals surface area contributed by atoms with Crippen LogP contribution in [0.1, 0.15) is 36.5 Å². The number of benzene rings is 1. The van der Waals surface area contributed by atoms with Gasteiger partial charge in [0.2, 0.25) is 0 Å². The molecule has 0 radical (unpaired) electrons. The van der Waals surface area contributed by atoms with Crippen LogP contribution < -0.4 is 5.32 Å². The van der Waals surface area contributed by atoms with Crippen LogP contribution in [0.15, 0.2) is 29.2 Å². The van der Waals surface area contributed by atoms with E-state index < -0.39 is 0 Å². The molecule has 4 nitrogen and oxygen atoms in total. The van der Waals surface area contributed by atoms with Crippen LogP contribution >= 0.6 is 11.8 Å². The van der Waals surface area contributed by atoms with Crippen LogP contribution in [0, 0.1) is 0 Å². The van der Waals surface area contributed by atoms with Crippen LogP contribution in [-0.2, 0) is 9.47 Å². The first-order valence-corrected chi connectivity index (χ1v) is 9.02. The minimum Gasteiger partial charge on any atom is -0.373 e. The Morgan fingerprint density at radius 2 is 2.00 bits per heavy atom. The summed E-state index contributed by atoms with van der Waals surface area (Å²) < 4.78 is 11.5. The van der Waals surface area contributed by atoms with E-state index in [0.29, 0.717) is 13.2 Å². The zero-order valence-electron chi connectivity index (χ0n) is 12.9. The van der Waals surface area contributed by atoms with E-state index in [2.05, 4.69) is 12.2 Å². The van der Waals surface area contributed by atoms with Crippen molar-refractivity contribution in [2.45, 2.75) is 49.3 Å². The molecule has 1 saturated carbocycles. The lowest BCUT2D eigenvalue weighted by Gasteiger charge is -2.39. The summed E-state index contributed by atoms with van der Waals surface area (Å²) in [5.41, 5.74) is 0.775. The number of fused-ring (bicyclic) bond motifs is 1. The Balaban J connectivity index is 1.62. The van der Waals surface area contributed by atoms with Gasteiger partial charge in [-0.1, -0.05) is 19.1 Å². The van der Waals surface area contributed by atoms with Gasteiger partial charge in [0.25, 0.3) is 5.91 Å². The molecule has 3 atom stereocenters. The second-order valence-corrected chi connectivity index (χ2v) is 7.04. The molecule has 3 rings (SSSR count). The molecule has 1 heterocycles. The monoisotopic (exact) mass is 321 g/mol. The topological polar surface area (TPSA) is 47.6 Å². The molecule has 1 N–H and O–H groups in total. The summed E-state index contributed by atoms with van der Waals surface area (Å²) in [6.07, 6.45) is 3.11. The van der Waals surface area contributed by atoms with Crippen molar-refractivity contribution in [3.8, 4) is 0 Å². The molecule has 1 aromatic carbocycles. The lowest BCUT2D eigenvalue weighted by molar-refractivity contribution is -0.157. The quantitative estimate of drug-likeness (QED) is 0.866. The Labute approximate surface area is 135 Å². The minimum atomic E-state index is 0.0247. The molecule has 1 aliphatic carbocycles. The molecule has 1 aromatic rings. The maximum absolute atomic E-state index is 12.6. The predicted molar refractivity (Wildman–Crippen MR) is 87.4 cm³/mol. The molecule has 1 saturated heterocycles. The van der Waals surface area contributed by atoms with E-state index in [1.807, 2.05) is 24.3 Å². The average molecular weight is 321 g/mol. The Bertz CT molecular complexity index is 522. The van der Waals surface area contributed by atoms with Gasteiger partial charge in [-0.2, -0.15) is 0 Å². The molecule has 22 heavy (non-hydrogen) atoms. The van der Waals surface area contributed by atoms with Crippen molar-refractivity contribution >= 4 is 17.7 Å². The molecule has 2 aliphatic rings. The Hall–Kier alpha value is -1.04. The summed E-state index contributed by atoms with van der Waals surface area (Å²) in [4.78, 5) is 13.6. The fourth-order valence-electron chi connectivity index (χ4n) is 3.20. The second kappa shape index (κ2) is 7.49. The molecular formula is C17H23NO3S. The number of nitrogens with one attached hydrogen (secondary N) is 1. The molecule has 5 heteroatoms. The number of rotatable bonds is 4. The minimum absolute atomic E-state index is 0.0247. The van der Waals surface area contributed by atoms with Gasteiger partial charge in [-0.15, -0.1) is 11.8 Å². The van der Waals surface area contributed by atoms with E-state index in [1.165, 1.54) is 0 Å². The Morgan fingerprint density at radius 3 is 2.82 bits per heavy atom. The first-order valence-electron chi connectivity index (χ1n) is 8.04. The molecule has 0 bridgehead atoms. The van der Waals surface area contributed by atoms with Crippen LogP contribution in [0.5, 0.6) is 0 Å². The zero-order chi connectivity index (χ0) is 15.4. The Morgan fingerprint density at radius 1 is 1.23 bits per heavy atom. The van der Waals surface area contributed by atoms with Crippen molar-refractivity contribution in [3.05, 3.63) is 29.8 Å². The number of carbonyl (C=O) groups excluding carboxylic acids is 1. The number of ether oxygens (including phenoxy) is 2. The molecule has 0 spiro atoms. The molecule has 2 fully saturated rings. The SMILES string of the molecule is CCSc1ccccc1C(=O)N[C@@H]1CC[C@@H]2OCCO[C@H]2C1. The maximum Gasteiger partial charge on any atom is 0.252 e. The molecular weight excluding hydrogens is 298 g/mol. The van der Waals surface area contributed by atoms with Crippen LogP contribution in [-0.4, -0.2) is 43.1 Å². The van der Waals surface area contributed by atoms with Crippen molar-refractivity contribution in [1.29, 1.82) is 0 Å². The van der Waals surface area contributed by atoms with Gasteiger partial charge in [0, 0.05) is 10.9 Å². The summed E-state index contributed by atoms with van der Waals surface area (Å²) >= 11 is 1.70. The third kappa shape index (κ3) is 3.65. The second-order valence-electron chi connectivity index (χ2n) is 5.73. The van der Waals surface area contributed by atoms with Crippen LogP contribution in [0.4, 0.5) is 0 Å². The zero-order valence-corrected chi connectivity index (χ0v) is 13.7. The number of carbonyl (C=O) groups is 1. The summed E-state index contributed by atoms with van der Waals surface area (Å²) in [5, 5.41) is 3.18. The third-order valence-electron chi connectivity index (χ3n) is 4.25. The maximum atomic E-state index is 12.6. The van der Waals surface area contributed by atoms with Gasteiger partial charge >= 0.3 is 0 Å². The van der Waals surface area contributed by atoms with Crippen LogP contribution in [0.25, 0.3) is 0 Å². The van der Waals surface area contributed by atoms with Crippen LogP contribution in [0.2, 0.25) is 0 Å². The van der Waals surface area contributed by atoms with Crippen LogP contribution in [0.3, 0.4) is 0 Å². The average Bonchev–Trinajstić information content (AvgIpc) is 2.55. The molecule has 1 aliphatic heterocycles. The highest BCUT2D eigenvalue weighted by molar-refractivity contribution is 7.99. The van der Waals surface area contributed by atoms with Gasteiger partial charge in [-0.25, -0.2) is 0 Å². The fourth-order valence-corrected chi connectivity index (χ4v) is 4.00. The van der Waals surface area contributed by atoms with E-state index in [-0.39, 0.29) is 24.2 Å². The molecule has 0 unspecified atom stereocenters. The molecule has 1 amide bonds. The highest BCUT2D eigenvalue weighted by atomic mass is 32.2. The molecule has 0 aromatic heterocycles. The smallest absolute Gasteiger partial charge is 0.252 e. The Kier molecular flexibility index (Phi) is 5.39. The predicted octanol–water partition coefficient (Wildman–Crippen LogP) is 2.86. The first kappa shape index (κ1) is 15.8. The van der Waals surface area contributed by atoms with Gasteiger partial charge in [0.1, 0.15) is 0 Å². The number of thioether (sulfide) groups is 1. The number of hydrogen-bond donors (Lipinski definition) is 1. The summed E-state index contributed by atoms with van der Waals surface area (Å²) in [5.74, 6) is 0.986. The van der Waals surface area contributed by atoms with Crippen molar-refractivity contribution in [2.75, 3.05) is 19.0 Å². The third-order valence-corrected chi connectivity index (χ3v) is 5.20. The van der Waals surface area contributed by atoms with Gasteiger partial charge in [-0.3, -0.25) is 4.79 Å². The standard InChI is InChI=1S/C17H23NO3S/c1-2-22-16-6-4-3-5-13(16)17(19)18-12-7-8-14-15(11-12)21-10-9-20-14/h3-6,12,14-15H,2,7-11H2,1H3,(H,18,19)/t12-,14+,15+/m1/s1. The van der Waals surface area contributed by atoms with Gasteiger partial charge in [-0.05, 0) is 37.1 Å². The first-order chi connectivity index (χ1) is 10.8.